The van der Waals surface area contributed by atoms with E-state index in [1.54, 1.807) is 36.4 Å². The molecule has 0 atom stereocenters. The van der Waals surface area contributed by atoms with Gasteiger partial charge < -0.3 is 9.13 Å². The van der Waals surface area contributed by atoms with Crippen molar-refractivity contribution >= 4 is 49.3 Å². The van der Waals surface area contributed by atoms with Gasteiger partial charge in [0.1, 0.15) is 17.4 Å². The van der Waals surface area contributed by atoms with Crippen LogP contribution < -0.4 is 0 Å². The van der Waals surface area contributed by atoms with E-state index < -0.39 is 5.82 Å². The molecule has 0 radical (unpaired) electrons. The van der Waals surface area contributed by atoms with Crippen LogP contribution in [0.2, 0.25) is 0 Å². The number of rotatable bonds is 5. The standard InChI is InChI=1S/C52H27FN6/c1-57-39-19-15-35(16-20-39)37-18-23-44-42-7-3-5-9-48(42)59(50(44)26-37)52-28-38(40-21-12-33(30-55)24-46(40)53)27-51(45(52)31-56)58-47-8-4-2-6-41(47)43-22-17-36(25-49(43)58)34-13-10-32(29-54)11-14-34/h2-28H. The average molecular weight is 755 g/mol. The van der Waals surface area contributed by atoms with Crippen molar-refractivity contribution < 1.29 is 4.39 Å². The number of halogens is 1. The molecule has 0 bridgehead atoms. The van der Waals surface area contributed by atoms with E-state index in [1.165, 1.54) is 6.07 Å². The van der Waals surface area contributed by atoms with E-state index in [4.69, 9.17) is 6.57 Å². The number of fused-ring (bicyclic) bond motifs is 6. The Kier molecular flexibility index (Phi) is 8.10. The topological polar surface area (TPSA) is 85.6 Å². The van der Waals surface area contributed by atoms with Crippen LogP contribution in [0.5, 0.6) is 0 Å². The van der Waals surface area contributed by atoms with Crippen LogP contribution in [-0.4, -0.2) is 9.13 Å². The fraction of sp³-hybridized carbons (Fsp3) is 0. The molecule has 59 heavy (non-hydrogen) atoms. The Hall–Kier alpha value is -8.75. The molecular formula is C52H27FN6. The molecule has 0 spiro atoms. The lowest BCUT2D eigenvalue weighted by molar-refractivity contribution is 0.631. The molecule has 0 aliphatic carbocycles. The Morgan fingerprint density at radius 2 is 0.915 bits per heavy atom. The van der Waals surface area contributed by atoms with Crippen molar-refractivity contribution in [3.63, 3.8) is 0 Å². The summed E-state index contributed by atoms with van der Waals surface area (Å²) in [6.45, 7) is 7.43. The SMILES string of the molecule is [C-]#[N+]c1ccc(-c2ccc3c4ccccc4n(-c4cc(-c5ccc(C#N)cc5F)cc(-n5c6ccccc6c6ccc(-c7ccc(C#N)cc7)cc65)c4C#N)c3c2)cc1. The number of aromatic nitrogens is 2. The van der Waals surface area contributed by atoms with Gasteiger partial charge in [-0.1, -0.05) is 103 Å². The van der Waals surface area contributed by atoms with Gasteiger partial charge in [0.05, 0.1) is 63.3 Å². The predicted octanol–water partition coefficient (Wildman–Crippen LogP) is 13.2. The van der Waals surface area contributed by atoms with Gasteiger partial charge in [0.25, 0.3) is 0 Å². The highest BCUT2D eigenvalue weighted by molar-refractivity contribution is 6.12. The predicted molar refractivity (Wildman–Crippen MR) is 232 cm³/mol. The summed E-state index contributed by atoms with van der Waals surface area (Å²) in [5, 5.41) is 34.4. The number of hydrogen-bond donors (Lipinski definition) is 0. The van der Waals surface area contributed by atoms with Gasteiger partial charge in [0.2, 0.25) is 0 Å². The van der Waals surface area contributed by atoms with Crippen molar-refractivity contribution in [3.05, 3.63) is 198 Å². The average Bonchev–Trinajstić information content (AvgIpc) is 3.80. The lowest BCUT2D eigenvalue weighted by Gasteiger charge is -2.19. The summed E-state index contributed by atoms with van der Waals surface area (Å²) >= 11 is 0. The molecule has 2 heterocycles. The maximum absolute atomic E-state index is 16.2. The molecule has 0 amide bonds. The summed E-state index contributed by atoms with van der Waals surface area (Å²) in [6.07, 6.45) is 0. The highest BCUT2D eigenvalue weighted by Gasteiger charge is 2.24. The number of nitrogens with zero attached hydrogens (tertiary/aromatic N) is 6. The van der Waals surface area contributed by atoms with Crippen LogP contribution in [0.1, 0.15) is 16.7 Å². The molecular weight excluding hydrogens is 728 g/mol. The molecule has 6 nitrogen and oxygen atoms in total. The van der Waals surface area contributed by atoms with Gasteiger partial charge >= 0.3 is 0 Å². The van der Waals surface area contributed by atoms with E-state index >= 15 is 4.39 Å². The number of nitriles is 3. The fourth-order valence-corrected chi connectivity index (χ4v) is 8.34. The summed E-state index contributed by atoms with van der Waals surface area (Å²) in [5.74, 6) is -0.552. The maximum Gasteiger partial charge on any atom is 0.187 e. The lowest BCUT2D eigenvalue weighted by Crippen LogP contribution is -2.05. The molecule has 0 aliphatic rings. The molecule has 2 aromatic heterocycles. The van der Waals surface area contributed by atoms with Crippen LogP contribution in [0.15, 0.2) is 164 Å². The summed E-state index contributed by atoms with van der Waals surface area (Å²) in [6, 6.07) is 58.5. The Morgan fingerprint density at radius 1 is 0.441 bits per heavy atom. The zero-order valence-corrected chi connectivity index (χ0v) is 31.1. The normalized spacial score (nSPS) is 11.1. The van der Waals surface area contributed by atoms with E-state index in [0.29, 0.717) is 33.8 Å². The number of benzene rings is 8. The number of para-hydroxylation sites is 2. The van der Waals surface area contributed by atoms with Crippen molar-refractivity contribution in [2.75, 3.05) is 0 Å². The van der Waals surface area contributed by atoms with Gasteiger partial charge in [-0.25, -0.2) is 9.24 Å². The molecule has 10 aromatic rings. The summed E-state index contributed by atoms with van der Waals surface area (Å²) in [4.78, 5) is 3.56. The molecule has 0 saturated carbocycles. The van der Waals surface area contributed by atoms with Crippen LogP contribution in [0, 0.1) is 46.4 Å². The Labute approximate surface area is 338 Å². The second-order valence-corrected chi connectivity index (χ2v) is 14.3. The van der Waals surface area contributed by atoms with Gasteiger partial charge in [0.15, 0.2) is 5.69 Å². The molecule has 8 aromatic carbocycles. The molecule has 10 rings (SSSR count). The molecule has 0 unspecified atom stereocenters. The van der Waals surface area contributed by atoms with Crippen molar-refractivity contribution in [3.8, 4) is 63.0 Å². The minimum atomic E-state index is -0.552. The zero-order valence-electron chi connectivity index (χ0n) is 31.1. The summed E-state index contributed by atoms with van der Waals surface area (Å²) < 4.78 is 20.4. The van der Waals surface area contributed by atoms with Crippen LogP contribution in [-0.2, 0) is 0 Å². The minimum absolute atomic E-state index is 0.206. The first-order chi connectivity index (χ1) is 29.0. The summed E-state index contributed by atoms with van der Waals surface area (Å²) in [5.41, 5.74) is 10.8. The lowest BCUT2D eigenvalue weighted by atomic mass is 9.98. The van der Waals surface area contributed by atoms with Gasteiger partial charge in [-0.3, -0.25) is 0 Å². The van der Waals surface area contributed by atoms with E-state index in [2.05, 4.69) is 74.6 Å². The van der Waals surface area contributed by atoms with Crippen LogP contribution in [0.4, 0.5) is 10.1 Å². The quantitative estimate of drug-likeness (QED) is 0.164. The van der Waals surface area contributed by atoms with E-state index in [0.717, 1.165) is 65.9 Å². The van der Waals surface area contributed by atoms with Gasteiger partial charge in [-0.05, 0) is 88.5 Å². The molecule has 0 aliphatic heterocycles. The molecule has 0 fully saturated rings. The molecule has 272 valence electrons. The van der Waals surface area contributed by atoms with Crippen LogP contribution >= 0.6 is 0 Å². The first kappa shape index (κ1) is 34.7. The van der Waals surface area contributed by atoms with E-state index in [9.17, 15) is 15.8 Å². The molecule has 0 N–H and O–H groups in total. The third-order valence-electron chi connectivity index (χ3n) is 11.1. The smallest absolute Gasteiger partial charge is 0.187 e. The third kappa shape index (κ3) is 5.59. The van der Waals surface area contributed by atoms with E-state index in [-0.39, 0.29) is 11.1 Å². The largest absolute Gasteiger partial charge is 0.308 e. The van der Waals surface area contributed by atoms with E-state index in [1.807, 2.05) is 78.9 Å². The first-order valence-corrected chi connectivity index (χ1v) is 18.8. The Balaban J connectivity index is 1.32. The maximum atomic E-state index is 16.2. The second-order valence-electron chi connectivity index (χ2n) is 14.3. The minimum Gasteiger partial charge on any atom is -0.308 e. The molecule has 0 saturated heterocycles. The van der Waals surface area contributed by atoms with Crippen molar-refractivity contribution in [2.24, 2.45) is 0 Å². The van der Waals surface area contributed by atoms with Crippen molar-refractivity contribution in [1.82, 2.24) is 9.13 Å². The highest BCUT2D eigenvalue weighted by Crippen LogP contribution is 2.42. The van der Waals surface area contributed by atoms with Crippen molar-refractivity contribution in [2.45, 2.75) is 0 Å². The summed E-state index contributed by atoms with van der Waals surface area (Å²) in [7, 11) is 0. The monoisotopic (exact) mass is 754 g/mol. The Bertz CT molecular complexity index is 3350. The molecule has 7 heteroatoms. The first-order valence-electron chi connectivity index (χ1n) is 18.8. The van der Waals surface area contributed by atoms with Gasteiger partial charge in [0, 0.05) is 27.1 Å². The number of hydrogen-bond acceptors (Lipinski definition) is 3. The van der Waals surface area contributed by atoms with Crippen molar-refractivity contribution in [1.29, 1.82) is 15.8 Å². The second kappa shape index (κ2) is 13.8. The highest BCUT2D eigenvalue weighted by atomic mass is 19.1. The van der Waals surface area contributed by atoms with Crippen LogP contribution in [0.25, 0.3) is 93.2 Å². The Morgan fingerprint density at radius 3 is 1.41 bits per heavy atom. The van der Waals surface area contributed by atoms with Gasteiger partial charge in [-0.2, -0.15) is 15.8 Å². The third-order valence-corrected chi connectivity index (χ3v) is 11.1. The van der Waals surface area contributed by atoms with Crippen LogP contribution in [0.3, 0.4) is 0 Å². The zero-order chi connectivity index (χ0) is 40.2. The fourth-order valence-electron chi connectivity index (χ4n) is 8.34. The van der Waals surface area contributed by atoms with Gasteiger partial charge in [-0.15, -0.1) is 0 Å².